The van der Waals surface area contributed by atoms with Gasteiger partial charge in [0.1, 0.15) is 15.7 Å². The van der Waals surface area contributed by atoms with E-state index in [2.05, 4.69) is 0 Å². The van der Waals surface area contributed by atoms with Crippen LogP contribution < -0.4 is 5.73 Å². The second-order valence-electron chi connectivity index (χ2n) is 3.72. The van der Waals surface area contributed by atoms with E-state index in [0.29, 0.717) is 0 Å². The molecule has 0 aliphatic rings. The van der Waals surface area contributed by atoms with E-state index in [1.165, 1.54) is 12.1 Å². The van der Waals surface area contributed by atoms with E-state index in [0.717, 1.165) is 12.3 Å². The van der Waals surface area contributed by atoms with Crippen molar-refractivity contribution in [1.29, 1.82) is 0 Å². The summed E-state index contributed by atoms with van der Waals surface area (Å²) < 4.78 is 46.8. The number of hydrogen-bond acceptors (Lipinski definition) is 4. The van der Waals surface area contributed by atoms with Gasteiger partial charge in [-0.25, -0.2) is 12.8 Å². The third-order valence-corrected chi connectivity index (χ3v) is 4.56. The van der Waals surface area contributed by atoms with E-state index in [9.17, 15) is 17.0 Å². The van der Waals surface area contributed by atoms with Crippen LogP contribution in [0, 0.1) is 5.82 Å². The first-order valence-corrected chi connectivity index (χ1v) is 8.28. The van der Waals surface area contributed by atoms with Gasteiger partial charge in [0.05, 0.1) is 21.4 Å². The van der Waals surface area contributed by atoms with E-state index >= 15 is 0 Å². The molecular weight excluding hydrogens is 265 g/mol. The molecule has 1 rings (SSSR count). The molecule has 1 atom stereocenters. The van der Waals surface area contributed by atoms with E-state index in [1.54, 1.807) is 0 Å². The Hall–Kier alpha value is -0.950. The molecule has 0 aliphatic carbocycles. The smallest absolute Gasteiger partial charge is 0.147 e. The standard InChI is InChI=1S/C10H14FNO3S2/c1-17(14,15)6-2-5-16(13)10-4-3-8(12)7-9(10)11/h3-4,7H,2,5-6,12H2,1H3. The van der Waals surface area contributed by atoms with Crippen LogP contribution in [0.25, 0.3) is 0 Å². The van der Waals surface area contributed by atoms with Crippen LogP contribution in [-0.2, 0) is 20.6 Å². The molecular formula is C10H14FNO3S2. The first-order chi connectivity index (χ1) is 7.79. The van der Waals surface area contributed by atoms with Crippen LogP contribution in [0.5, 0.6) is 0 Å². The lowest BCUT2D eigenvalue weighted by Gasteiger charge is -2.04. The molecule has 96 valence electrons. The van der Waals surface area contributed by atoms with Gasteiger partial charge < -0.3 is 5.73 Å². The molecule has 0 saturated heterocycles. The molecule has 7 heteroatoms. The Labute approximate surface area is 102 Å². The van der Waals surface area contributed by atoms with Crippen molar-refractivity contribution >= 4 is 26.3 Å². The van der Waals surface area contributed by atoms with E-state index < -0.39 is 26.5 Å². The SMILES string of the molecule is CS(=O)(=O)CCCS(=O)c1ccc(N)cc1F. The third kappa shape index (κ3) is 4.82. The molecule has 0 aliphatic heterocycles. The molecule has 1 aromatic carbocycles. The van der Waals surface area contributed by atoms with Gasteiger partial charge in [0.25, 0.3) is 0 Å². The zero-order valence-corrected chi connectivity index (χ0v) is 11.0. The monoisotopic (exact) mass is 279 g/mol. The summed E-state index contributed by atoms with van der Waals surface area (Å²) in [7, 11) is -4.60. The Kier molecular flexibility index (Phi) is 4.64. The van der Waals surface area contributed by atoms with E-state index in [4.69, 9.17) is 5.73 Å². The van der Waals surface area contributed by atoms with Crippen molar-refractivity contribution < 1.29 is 17.0 Å². The number of sulfone groups is 1. The molecule has 1 aromatic rings. The molecule has 0 aromatic heterocycles. The van der Waals surface area contributed by atoms with Gasteiger partial charge in [0.2, 0.25) is 0 Å². The van der Waals surface area contributed by atoms with Crippen LogP contribution in [0.15, 0.2) is 23.1 Å². The zero-order chi connectivity index (χ0) is 13.1. The first kappa shape index (κ1) is 14.1. The minimum atomic E-state index is -3.07. The molecule has 0 radical (unpaired) electrons. The third-order valence-electron chi connectivity index (χ3n) is 2.05. The number of nitrogen functional groups attached to an aromatic ring is 1. The van der Waals surface area contributed by atoms with Crippen molar-refractivity contribution in [2.24, 2.45) is 0 Å². The first-order valence-electron chi connectivity index (χ1n) is 4.91. The quantitative estimate of drug-likeness (QED) is 0.814. The Morgan fingerprint density at radius 2 is 2.06 bits per heavy atom. The van der Waals surface area contributed by atoms with Gasteiger partial charge in [-0.05, 0) is 24.6 Å². The summed E-state index contributed by atoms with van der Waals surface area (Å²) >= 11 is 0. The lowest BCUT2D eigenvalue weighted by molar-refractivity contribution is 0.595. The molecule has 0 spiro atoms. The van der Waals surface area contributed by atoms with Gasteiger partial charge >= 0.3 is 0 Å². The molecule has 1 unspecified atom stereocenters. The Morgan fingerprint density at radius 1 is 1.41 bits per heavy atom. The van der Waals surface area contributed by atoms with Gasteiger partial charge in [-0.2, -0.15) is 0 Å². The van der Waals surface area contributed by atoms with E-state index in [1.807, 2.05) is 0 Å². The second kappa shape index (κ2) is 5.59. The van der Waals surface area contributed by atoms with Crippen molar-refractivity contribution in [2.75, 3.05) is 23.5 Å². The van der Waals surface area contributed by atoms with Crippen LogP contribution in [0.1, 0.15) is 6.42 Å². The fourth-order valence-electron chi connectivity index (χ4n) is 1.26. The number of nitrogens with two attached hydrogens (primary N) is 1. The van der Waals surface area contributed by atoms with Crippen molar-refractivity contribution in [2.45, 2.75) is 11.3 Å². The highest BCUT2D eigenvalue weighted by atomic mass is 32.2. The Morgan fingerprint density at radius 3 is 2.59 bits per heavy atom. The van der Waals surface area contributed by atoms with Crippen molar-refractivity contribution in [3.8, 4) is 0 Å². The lowest BCUT2D eigenvalue weighted by atomic mass is 10.3. The summed E-state index contributed by atoms with van der Waals surface area (Å²) in [5.41, 5.74) is 5.63. The number of hydrogen-bond donors (Lipinski definition) is 1. The number of rotatable bonds is 5. The maximum atomic E-state index is 13.4. The maximum absolute atomic E-state index is 13.4. The highest BCUT2D eigenvalue weighted by molar-refractivity contribution is 7.90. The average Bonchev–Trinajstić information content (AvgIpc) is 2.15. The van der Waals surface area contributed by atoms with Crippen molar-refractivity contribution in [3.63, 3.8) is 0 Å². The van der Waals surface area contributed by atoms with Crippen LogP contribution in [-0.4, -0.2) is 30.4 Å². The Bertz CT molecular complexity index is 528. The normalized spacial score (nSPS) is 13.5. The topological polar surface area (TPSA) is 77.2 Å². The van der Waals surface area contributed by atoms with Gasteiger partial charge in [-0.3, -0.25) is 4.21 Å². The minimum absolute atomic E-state index is 0.0463. The minimum Gasteiger partial charge on any atom is -0.399 e. The molecule has 4 nitrogen and oxygen atoms in total. The number of benzene rings is 1. The van der Waals surface area contributed by atoms with Gasteiger partial charge in [0, 0.05) is 17.7 Å². The summed E-state index contributed by atoms with van der Waals surface area (Å²) in [6.07, 6.45) is 1.36. The predicted molar refractivity (Wildman–Crippen MR) is 66.4 cm³/mol. The number of halogens is 1. The lowest BCUT2D eigenvalue weighted by Crippen LogP contribution is -2.08. The zero-order valence-electron chi connectivity index (χ0n) is 9.35. The van der Waals surface area contributed by atoms with Gasteiger partial charge in [-0.15, -0.1) is 0 Å². The largest absolute Gasteiger partial charge is 0.399 e. The fourth-order valence-corrected chi connectivity index (χ4v) is 3.24. The highest BCUT2D eigenvalue weighted by Gasteiger charge is 2.11. The van der Waals surface area contributed by atoms with E-state index in [-0.39, 0.29) is 28.5 Å². The predicted octanol–water partition coefficient (Wildman–Crippen LogP) is 0.950. The average molecular weight is 279 g/mol. The molecule has 2 N–H and O–H groups in total. The van der Waals surface area contributed by atoms with Crippen LogP contribution in [0.2, 0.25) is 0 Å². The molecule has 0 fully saturated rings. The summed E-state index contributed by atoms with van der Waals surface area (Å²) in [6.45, 7) is 0. The molecule has 0 saturated carbocycles. The maximum Gasteiger partial charge on any atom is 0.147 e. The van der Waals surface area contributed by atoms with Crippen LogP contribution in [0.3, 0.4) is 0 Å². The fraction of sp³-hybridized carbons (Fsp3) is 0.400. The molecule has 0 amide bonds. The number of anilines is 1. The summed E-state index contributed by atoms with van der Waals surface area (Å²) in [5.74, 6) is -0.550. The molecule has 17 heavy (non-hydrogen) atoms. The van der Waals surface area contributed by atoms with Gasteiger partial charge in [0.15, 0.2) is 0 Å². The van der Waals surface area contributed by atoms with Crippen LogP contribution >= 0.6 is 0 Å². The van der Waals surface area contributed by atoms with Crippen molar-refractivity contribution in [1.82, 2.24) is 0 Å². The second-order valence-corrected chi connectivity index (χ2v) is 7.52. The highest BCUT2D eigenvalue weighted by Crippen LogP contribution is 2.16. The molecule has 0 heterocycles. The Balaban J connectivity index is 2.65. The summed E-state index contributed by atoms with van der Waals surface area (Å²) in [5, 5.41) is 0. The van der Waals surface area contributed by atoms with Gasteiger partial charge in [-0.1, -0.05) is 0 Å². The summed E-state index contributed by atoms with van der Waals surface area (Å²) in [6, 6.07) is 3.93. The van der Waals surface area contributed by atoms with Crippen LogP contribution in [0.4, 0.5) is 10.1 Å². The summed E-state index contributed by atoms with van der Waals surface area (Å²) in [4.78, 5) is 0.0627. The molecule has 0 bridgehead atoms. The van der Waals surface area contributed by atoms with Crippen molar-refractivity contribution in [3.05, 3.63) is 24.0 Å².